The first-order chi connectivity index (χ1) is 9.11. The van der Waals surface area contributed by atoms with Gasteiger partial charge in [0.1, 0.15) is 0 Å². The van der Waals surface area contributed by atoms with Crippen LogP contribution in [0.4, 0.5) is 8.78 Å². The molecule has 1 aromatic rings. The van der Waals surface area contributed by atoms with Crippen LogP contribution in [0.3, 0.4) is 0 Å². The second-order valence-electron chi connectivity index (χ2n) is 5.72. The lowest BCUT2D eigenvalue weighted by atomic mass is 9.79. The zero-order chi connectivity index (χ0) is 13.8. The van der Waals surface area contributed by atoms with Gasteiger partial charge in [0.2, 0.25) is 0 Å². The van der Waals surface area contributed by atoms with Gasteiger partial charge in [-0.3, -0.25) is 0 Å². The highest BCUT2D eigenvalue weighted by atomic mass is 19.2. The van der Waals surface area contributed by atoms with Crippen LogP contribution in [0.5, 0.6) is 0 Å². The maximum atomic E-state index is 13.7. The van der Waals surface area contributed by atoms with Crippen molar-refractivity contribution in [1.82, 2.24) is 0 Å². The second-order valence-corrected chi connectivity index (χ2v) is 5.72. The Morgan fingerprint density at radius 2 is 1.89 bits per heavy atom. The molecule has 1 aliphatic rings. The van der Waals surface area contributed by atoms with Crippen LogP contribution >= 0.6 is 0 Å². The molecule has 0 heterocycles. The summed E-state index contributed by atoms with van der Waals surface area (Å²) in [7, 11) is 0. The molecular formula is C17H24F2. The van der Waals surface area contributed by atoms with Crippen LogP contribution in [0.1, 0.15) is 44.7 Å². The highest BCUT2D eigenvalue weighted by molar-refractivity contribution is 5.25. The van der Waals surface area contributed by atoms with Gasteiger partial charge in [0.05, 0.1) is 0 Å². The molecule has 2 heteroatoms. The molecule has 1 aliphatic carbocycles. The van der Waals surface area contributed by atoms with Crippen molar-refractivity contribution in [2.45, 2.75) is 45.4 Å². The Balaban J connectivity index is 0.00000200. The topological polar surface area (TPSA) is 0 Å². The lowest BCUT2D eigenvalue weighted by molar-refractivity contribution is 0.295. The summed E-state index contributed by atoms with van der Waals surface area (Å²) in [6.45, 7) is 5.44. The predicted molar refractivity (Wildman–Crippen MR) is 77.2 cm³/mol. The molecule has 0 nitrogen and oxygen atoms in total. The standard InChI is InChI=1S/C17H22F2.H2/c1-3-13-5-7-14(8-6-13)9-11-15-10-4-12(2)16(18)17(15)19;/h3-4,10,13-14H,1,5-9,11H2,2H3;1H. The van der Waals surface area contributed by atoms with Gasteiger partial charge in [-0.15, -0.1) is 6.58 Å². The molecule has 1 fully saturated rings. The van der Waals surface area contributed by atoms with Gasteiger partial charge in [-0.2, -0.15) is 0 Å². The summed E-state index contributed by atoms with van der Waals surface area (Å²) < 4.78 is 27.2. The monoisotopic (exact) mass is 266 g/mol. The zero-order valence-electron chi connectivity index (χ0n) is 11.6. The maximum Gasteiger partial charge on any atom is 0.162 e. The van der Waals surface area contributed by atoms with E-state index in [1.807, 2.05) is 6.08 Å². The van der Waals surface area contributed by atoms with Crippen LogP contribution in [0, 0.1) is 30.4 Å². The van der Waals surface area contributed by atoms with Gasteiger partial charge in [-0.05, 0) is 68.4 Å². The Bertz CT molecular complexity index is 449. The van der Waals surface area contributed by atoms with Crippen molar-refractivity contribution in [3.63, 3.8) is 0 Å². The van der Waals surface area contributed by atoms with Gasteiger partial charge in [-0.1, -0.05) is 18.2 Å². The minimum absolute atomic E-state index is 0. The third kappa shape index (κ3) is 3.43. The highest BCUT2D eigenvalue weighted by Crippen LogP contribution is 2.32. The van der Waals surface area contributed by atoms with E-state index in [-0.39, 0.29) is 1.43 Å². The van der Waals surface area contributed by atoms with Crippen molar-refractivity contribution in [1.29, 1.82) is 0 Å². The normalized spacial score (nSPS) is 23.3. The van der Waals surface area contributed by atoms with E-state index in [1.165, 1.54) is 25.7 Å². The fourth-order valence-electron chi connectivity index (χ4n) is 2.95. The molecule has 0 saturated heterocycles. The third-order valence-corrected chi connectivity index (χ3v) is 4.40. The first-order valence-electron chi connectivity index (χ1n) is 7.18. The molecule has 0 aliphatic heterocycles. The summed E-state index contributed by atoms with van der Waals surface area (Å²) in [4.78, 5) is 0. The van der Waals surface area contributed by atoms with Crippen molar-refractivity contribution < 1.29 is 10.2 Å². The number of allylic oxidation sites excluding steroid dienone is 1. The molecule has 0 radical (unpaired) electrons. The smallest absolute Gasteiger partial charge is 0.162 e. The van der Waals surface area contributed by atoms with E-state index in [9.17, 15) is 8.78 Å². The molecule has 0 bridgehead atoms. The largest absolute Gasteiger partial charge is 0.203 e. The van der Waals surface area contributed by atoms with Crippen LogP contribution in [0.25, 0.3) is 0 Å². The molecule has 0 N–H and O–H groups in total. The lowest BCUT2D eigenvalue weighted by Crippen LogP contribution is -2.14. The number of hydrogen-bond donors (Lipinski definition) is 0. The Labute approximate surface area is 116 Å². The number of hydrogen-bond acceptors (Lipinski definition) is 0. The molecule has 1 aromatic carbocycles. The molecular weight excluding hydrogens is 242 g/mol. The van der Waals surface area contributed by atoms with Crippen molar-refractivity contribution >= 4 is 0 Å². The van der Waals surface area contributed by atoms with E-state index in [0.29, 0.717) is 29.4 Å². The van der Waals surface area contributed by atoms with Gasteiger partial charge in [0.15, 0.2) is 11.6 Å². The maximum absolute atomic E-state index is 13.7. The minimum atomic E-state index is -0.687. The van der Waals surface area contributed by atoms with Crippen molar-refractivity contribution in [3.8, 4) is 0 Å². The van der Waals surface area contributed by atoms with Gasteiger partial charge in [-0.25, -0.2) is 8.78 Å². The van der Waals surface area contributed by atoms with Crippen LogP contribution in [-0.4, -0.2) is 0 Å². The van der Waals surface area contributed by atoms with Crippen LogP contribution in [-0.2, 0) is 6.42 Å². The summed E-state index contributed by atoms with van der Waals surface area (Å²) in [6.07, 6.45) is 8.41. The Hall–Kier alpha value is -1.18. The van der Waals surface area contributed by atoms with Gasteiger partial charge >= 0.3 is 0 Å². The van der Waals surface area contributed by atoms with E-state index >= 15 is 0 Å². The highest BCUT2D eigenvalue weighted by Gasteiger charge is 2.20. The number of rotatable bonds is 4. The predicted octanol–water partition coefficient (Wildman–Crippen LogP) is 5.44. The Morgan fingerprint density at radius 3 is 2.53 bits per heavy atom. The number of benzene rings is 1. The molecule has 0 unspecified atom stereocenters. The van der Waals surface area contributed by atoms with Gasteiger partial charge in [0.25, 0.3) is 0 Å². The first-order valence-corrected chi connectivity index (χ1v) is 7.18. The quantitative estimate of drug-likeness (QED) is 0.636. The van der Waals surface area contributed by atoms with E-state index in [2.05, 4.69) is 6.58 Å². The van der Waals surface area contributed by atoms with Crippen LogP contribution in [0.2, 0.25) is 0 Å². The average Bonchev–Trinajstić information content (AvgIpc) is 2.45. The summed E-state index contributed by atoms with van der Waals surface area (Å²) in [5.74, 6) is -0.0302. The fourth-order valence-corrected chi connectivity index (χ4v) is 2.95. The van der Waals surface area contributed by atoms with E-state index in [0.717, 1.165) is 6.42 Å². The molecule has 1 saturated carbocycles. The molecule has 0 spiro atoms. The average molecular weight is 266 g/mol. The third-order valence-electron chi connectivity index (χ3n) is 4.40. The van der Waals surface area contributed by atoms with E-state index < -0.39 is 11.6 Å². The van der Waals surface area contributed by atoms with Gasteiger partial charge < -0.3 is 0 Å². The van der Waals surface area contributed by atoms with Crippen molar-refractivity contribution in [2.75, 3.05) is 0 Å². The molecule has 2 rings (SSSR count). The second kappa shape index (κ2) is 6.31. The summed E-state index contributed by atoms with van der Waals surface area (Å²) in [5, 5.41) is 0. The van der Waals surface area contributed by atoms with Crippen molar-refractivity contribution in [2.24, 2.45) is 11.8 Å². The molecule has 19 heavy (non-hydrogen) atoms. The molecule has 106 valence electrons. The van der Waals surface area contributed by atoms with Gasteiger partial charge in [0, 0.05) is 1.43 Å². The molecule has 0 amide bonds. The Morgan fingerprint density at radius 1 is 1.21 bits per heavy atom. The lowest BCUT2D eigenvalue weighted by Gasteiger charge is -2.26. The minimum Gasteiger partial charge on any atom is -0.203 e. The summed E-state index contributed by atoms with van der Waals surface area (Å²) in [5.41, 5.74) is 0.904. The number of aryl methyl sites for hydroxylation is 2. The number of halogens is 2. The molecule has 0 atom stereocenters. The van der Waals surface area contributed by atoms with E-state index in [1.54, 1.807) is 19.1 Å². The van der Waals surface area contributed by atoms with Crippen molar-refractivity contribution in [3.05, 3.63) is 47.5 Å². The van der Waals surface area contributed by atoms with E-state index in [4.69, 9.17) is 0 Å². The zero-order valence-corrected chi connectivity index (χ0v) is 11.6. The fraction of sp³-hybridized carbons (Fsp3) is 0.529. The first kappa shape index (κ1) is 14.2. The van der Waals surface area contributed by atoms with Crippen LogP contribution in [0.15, 0.2) is 24.8 Å². The Kier molecular flexibility index (Phi) is 4.73. The summed E-state index contributed by atoms with van der Waals surface area (Å²) in [6, 6.07) is 3.39. The molecule has 0 aromatic heterocycles. The summed E-state index contributed by atoms with van der Waals surface area (Å²) >= 11 is 0. The van der Waals surface area contributed by atoms with Crippen LogP contribution < -0.4 is 0 Å². The SMILES string of the molecule is C=CC1CCC(CCc2ccc(C)c(F)c2F)CC1.[HH].